The van der Waals surface area contributed by atoms with Gasteiger partial charge in [-0.05, 0) is 18.2 Å². The normalized spacial score (nSPS) is 15.8. The minimum atomic E-state index is 0.0415. The second-order valence-electron chi connectivity index (χ2n) is 3.74. The summed E-state index contributed by atoms with van der Waals surface area (Å²) in [4.78, 5) is 8.44. The van der Waals surface area contributed by atoms with Crippen LogP contribution in [0.15, 0.2) is 11.7 Å². The minimum Gasteiger partial charge on any atom is -0.392 e. The van der Waals surface area contributed by atoms with E-state index in [0.29, 0.717) is 6.04 Å². The van der Waals surface area contributed by atoms with Crippen molar-refractivity contribution in [2.75, 3.05) is 5.32 Å². The molecule has 1 aliphatic carbocycles. The van der Waals surface area contributed by atoms with E-state index in [0.717, 1.165) is 21.6 Å². The molecule has 4 nitrogen and oxygen atoms in total. The van der Waals surface area contributed by atoms with Crippen LogP contribution in [0.5, 0.6) is 0 Å². The van der Waals surface area contributed by atoms with Crippen LogP contribution in [0.25, 0.3) is 10.2 Å². The molecule has 1 fully saturated rings. The van der Waals surface area contributed by atoms with Crippen molar-refractivity contribution in [2.45, 2.75) is 25.5 Å². The molecule has 0 radical (unpaired) electrons. The van der Waals surface area contributed by atoms with Crippen LogP contribution in [0.3, 0.4) is 0 Å². The summed E-state index contributed by atoms with van der Waals surface area (Å²) in [5.74, 6) is 0.909. The summed E-state index contributed by atoms with van der Waals surface area (Å²) in [6.07, 6.45) is 4.01. The summed E-state index contributed by atoms with van der Waals surface area (Å²) < 4.78 is 1.05. The lowest BCUT2D eigenvalue weighted by molar-refractivity contribution is 0.283. The summed E-state index contributed by atoms with van der Waals surface area (Å²) in [5.41, 5.74) is 1.76. The van der Waals surface area contributed by atoms with Gasteiger partial charge in [-0.15, -0.1) is 11.3 Å². The maximum absolute atomic E-state index is 9.14. The lowest BCUT2D eigenvalue weighted by atomic mass is 10.3. The molecule has 2 heterocycles. The number of thiophene rings is 1. The third-order valence-electron chi connectivity index (χ3n) is 2.52. The summed E-state index contributed by atoms with van der Waals surface area (Å²) in [5, 5.41) is 14.5. The molecule has 78 valence electrons. The van der Waals surface area contributed by atoms with E-state index in [-0.39, 0.29) is 6.61 Å². The predicted octanol–water partition coefficient (Wildman–Crippen LogP) is 1.76. The van der Waals surface area contributed by atoms with E-state index in [9.17, 15) is 0 Å². The van der Waals surface area contributed by atoms with Crippen molar-refractivity contribution >= 4 is 27.4 Å². The number of hydrogen-bond donors (Lipinski definition) is 2. The number of aliphatic hydroxyl groups excluding tert-OH is 1. The van der Waals surface area contributed by atoms with Gasteiger partial charge in [0.1, 0.15) is 12.1 Å². The molecular formula is C10H11N3OS. The van der Waals surface area contributed by atoms with Crippen LogP contribution in [0.1, 0.15) is 18.4 Å². The first-order chi connectivity index (χ1) is 7.38. The van der Waals surface area contributed by atoms with Gasteiger partial charge in [-0.25, -0.2) is 9.97 Å². The fourth-order valence-electron chi connectivity index (χ4n) is 1.54. The Morgan fingerprint density at radius 3 is 3.07 bits per heavy atom. The van der Waals surface area contributed by atoms with Gasteiger partial charge in [-0.2, -0.15) is 0 Å². The molecule has 0 atom stereocenters. The van der Waals surface area contributed by atoms with Crippen molar-refractivity contribution in [1.82, 2.24) is 9.97 Å². The van der Waals surface area contributed by atoms with Gasteiger partial charge >= 0.3 is 0 Å². The topological polar surface area (TPSA) is 58.0 Å². The number of nitrogens with zero attached hydrogens (tertiary/aromatic N) is 2. The molecule has 0 aromatic carbocycles. The Labute approximate surface area is 91.0 Å². The van der Waals surface area contributed by atoms with Crippen LogP contribution < -0.4 is 5.32 Å². The molecule has 0 saturated heterocycles. The van der Waals surface area contributed by atoms with Gasteiger partial charge in [0.25, 0.3) is 0 Å². The van der Waals surface area contributed by atoms with Gasteiger partial charge in [0.15, 0.2) is 0 Å². The standard InChI is InChI=1S/C10H11N3OS/c14-3-6-4-15-9-8(6)11-5-12-10(9)13-7-1-2-7/h4-5,7,14H,1-3H2,(H,11,12,13). The van der Waals surface area contributed by atoms with E-state index in [1.165, 1.54) is 12.8 Å². The molecule has 0 unspecified atom stereocenters. The van der Waals surface area contributed by atoms with E-state index in [4.69, 9.17) is 5.11 Å². The van der Waals surface area contributed by atoms with Crippen molar-refractivity contribution in [3.8, 4) is 0 Å². The second kappa shape index (κ2) is 3.43. The second-order valence-corrected chi connectivity index (χ2v) is 4.62. The molecule has 0 spiro atoms. The molecule has 0 aliphatic heterocycles. The van der Waals surface area contributed by atoms with Crippen molar-refractivity contribution in [3.63, 3.8) is 0 Å². The molecular weight excluding hydrogens is 210 g/mol. The van der Waals surface area contributed by atoms with Gasteiger partial charge in [0, 0.05) is 11.6 Å². The molecule has 1 saturated carbocycles. The average molecular weight is 221 g/mol. The lowest BCUT2D eigenvalue weighted by Crippen LogP contribution is -2.03. The van der Waals surface area contributed by atoms with Gasteiger partial charge in [0.2, 0.25) is 0 Å². The summed E-state index contributed by atoms with van der Waals surface area (Å²) in [7, 11) is 0. The maximum atomic E-state index is 9.14. The van der Waals surface area contributed by atoms with Gasteiger partial charge < -0.3 is 10.4 Å². The van der Waals surface area contributed by atoms with Crippen molar-refractivity contribution < 1.29 is 5.11 Å². The van der Waals surface area contributed by atoms with E-state index in [1.54, 1.807) is 17.7 Å². The zero-order valence-corrected chi connectivity index (χ0v) is 8.92. The average Bonchev–Trinajstić information content (AvgIpc) is 2.97. The van der Waals surface area contributed by atoms with Gasteiger partial charge in [0.05, 0.1) is 16.8 Å². The quantitative estimate of drug-likeness (QED) is 0.829. The molecule has 15 heavy (non-hydrogen) atoms. The highest BCUT2D eigenvalue weighted by atomic mass is 32.1. The first kappa shape index (κ1) is 9.06. The molecule has 0 bridgehead atoms. The van der Waals surface area contributed by atoms with E-state index < -0.39 is 0 Å². The number of fused-ring (bicyclic) bond motifs is 1. The summed E-state index contributed by atoms with van der Waals surface area (Å²) >= 11 is 1.59. The first-order valence-corrected chi connectivity index (χ1v) is 5.85. The van der Waals surface area contributed by atoms with Gasteiger partial charge in [-0.1, -0.05) is 0 Å². The van der Waals surface area contributed by atoms with Crippen LogP contribution in [0.2, 0.25) is 0 Å². The Morgan fingerprint density at radius 1 is 1.47 bits per heavy atom. The number of hydrogen-bond acceptors (Lipinski definition) is 5. The van der Waals surface area contributed by atoms with Crippen LogP contribution in [0, 0.1) is 0 Å². The van der Waals surface area contributed by atoms with E-state index >= 15 is 0 Å². The summed E-state index contributed by atoms with van der Waals surface area (Å²) in [6, 6.07) is 0.586. The fourth-order valence-corrected chi connectivity index (χ4v) is 2.50. The van der Waals surface area contributed by atoms with Crippen molar-refractivity contribution in [3.05, 3.63) is 17.3 Å². The Morgan fingerprint density at radius 2 is 2.33 bits per heavy atom. The smallest absolute Gasteiger partial charge is 0.147 e. The van der Waals surface area contributed by atoms with Crippen molar-refractivity contribution in [1.29, 1.82) is 0 Å². The highest BCUT2D eigenvalue weighted by Crippen LogP contribution is 2.32. The number of aromatic nitrogens is 2. The molecule has 2 aromatic heterocycles. The molecule has 0 amide bonds. The molecule has 2 N–H and O–H groups in total. The zero-order chi connectivity index (χ0) is 10.3. The lowest BCUT2D eigenvalue weighted by Gasteiger charge is -2.03. The van der Waals surface area contributed by atoms with E-state index in [1.807, 2.05) is 5.38 Å². The van der Waals surface area contributed by atoms with Gasteiger partial charge in [-0.3, -0.25) is 0 Å². The zero-order valence-electron chi connectivity index (χ0n) is 8.10. The number of rotatable bonds is 3. The monoisotopic (exact) mass is 221 g/mol. The Balaban J connectivity index is 2.08. The number of nitrogens with one attached hydrogen (secondary N) is 1. The maximum Gasteiger partial charge on any atom is 0.147 e. The third-order valence-corrected chi connectivity index (χ3v) is 3.54. The predicted molar refractivity (Wildman–Crippen MR) is 60.0 cm³/mol. The first-order valence-electron chi connectivity index (χ1n) is 4.97. The highest BCUT2D eigenvalue weighted by molar-refractivity contribution is 7.18. The van der Waals surface area contributed by atoms with Crippen LogP contribution >= 0.6 is 11.3 Å². The Hall–Kier alpha value is -1.20. The summed E-state index contributed by atoms with van der Waals surface area (Å²) in [6.45, 7) is 0.0415. The fraction of sp³-hybridized carbons (Fsp3) is 0.400. The van der Waals surface area contributed by atoms with E-state index in [2.05, 4.69) is 15.3 Å². The minimum absolute atomic E-state index is 0.0415. The SMILES string of the molecule is OCc1csc2c(NC3CC3)ncnc12. The van der Waals surface area contributed by atoms with Crippen molar-refractivity contribution in [2.24, 2.45) is 0 Å². The third kappa shape index (κ3) is 1.57. The molecule has 3 rings (SSSR count). The number of aliphatic hydroxyl groups is 1. The molecule has 5 heteroatoms. The highest BCUT2D eigenvalue weighted by Gasteiger charge is 2.22. The Kier molecular flexibility index (Phi) is 2.07. The van der Waals surface area contributed by atoms with Crippen LogP contribution in [0.4, 0.5) is 5.82 Å². The van der Waals surface area contributed by atoms with Crippen LogP contribution in [-0.4, -0.2) is 21.1 Å². The largest absolute Gasteiger partial charge is 0.392 e. The molecule has 1 aliphatic rings. The number of anilines is 1. The molecule has 2 aromatic rings. The van der Waals surface area contributed by atoms with Crippen LogP contribution in [-0.2, 0) is 6.61 Å². The Bertz CT molecular complexity index is 492.